The third kappa shape index (κ3) is 7.84. The molecule has 0 saturated carbocycles. The summed E-state index contributed by atoms with van der Waals surface area (Å²) in [6.07, 6.45) is 7.97. The molecule has 6 atom stereocenters. The first-order valence-electron chi connectivity index (χ1n) is 14.0. The van der Waals surface area contributed by atoms with E-state index < -0.39 is 30.3 Å². The second kappa shape index (κ2) is 14.8. The van der Waals surface area contributed by atoms with Crippen LogP contribution < -0.4 is 5.32 Å². The molecule has 41 heavy (non-hydrogen) atoms. The predicted molar refractivity (Wildman–Crippen MR) is 160 cm³/mol. The highest BCUT2D eigenvalue weighted by atomic mass is 32.1. The van der Waals surface area contributed by atoms with Crippen LogP contribution in [0.1, 0.15) is 47.0 Å². The first kappa shape index (κ1) is 32.5. The van der Waals surface area contributed by atoms with E-state index in [1.54, 1.807) is 39.4 Å². The van der Waals surface area contributed by atoms with Crippen LogP contribution in [0.2, 0.25) is 0 Å². The SMILES string of the molecule is CO[C@H]1/C=C\C=C(/C)C(=O)NC2=CC(=O)C(N3CCC3)=C(C[C@@H](C)C[C@H](OC)[C@H](O)[C@@H](C)/C=C(\C)[C@@H]1N=C=S)C2=O. The van der Waals surface area contributed by atoms with Crippen molar-refractivity contribution in [2.75, 3.05) is 27.3 Å². The molecule has 0 spiro atoms. The van der Waals surface area contributed by atoms with Crippen molar-refractivity contribution in [1.29, 1.82) is 0 Å². The number of carbonyl (C=O) groups is 3. The van der Waals surface area contributed by atoms with Crippen LogP contribution in [-0.2, 0) is 23.9 Å². The van der Waals surface area contributed by atoms with Gasteiger partial charge in [0.1, 0.15) is 12.1 Å². The molecule has 2 N–H and O–H groups in total. The smallest absolute Gasteiger partial charge is 0.251 e. The quantitative estimate of drug-likeness (QED) is 0.224. The van der Waals surface area contributed by atoms with Crippen molar-refractivity contribution < 1.29 is 29.0 Å². The van der Waals surface area contributed by atoms with Crippen molar-refractivity contribution >= 4 is 34.9 Å². The summed E-state index contributed by atoms with van der Waals surface area (Å²) in [5.74, 6) is -1.56. The normalized spacial score (nSPS) is 33.9. The average Bonchev–Trinajstić information content (AvgIpc) is 2.91. The Labute approximate surface area is 247 Å². The lowest BCUT2D eigenvalue weighted by Gasteiger charge is -2.37. The molecule has 9 nitrogen and oxygen atoms in total. The Morgan fingerprint density at radius 1 is 1.15 bits per heavy atom. The number of ketones is 2. The summed E-state index contributed by atoms with van der Waals surface area (Å²) >= 11 is 4.89. The molecule has 1 aliphatic carbocycles. The molecule has 3 rings (SSSR count). The molecule has 3 aliphatic rings. The second-order valence-electron chi connectivity index (χ2n) is 11.1. The minimum Gasteiger partial charge on any atom is -0.390 e. The van der Waals surface area contributed by atoms with Gasteiger partial charge in [-0.2, -0.15) is 0 Å². The number of hydrogen-bond acceptors (Lipinski definition) is 9. The Kier molecular flexibility index (Phi) is 11.7. The van der Waals surface area contributed by atoms with E-state index >= 15 is 0 Å². The van der Waals surface area contributed by atoms with Crippen molar-refractivity contribution in [2.45, 2.75) is 71.3 Å². The van der Waals surface area contributed by atoms with E-state index in [1.165, 1.54) is 6.08 Å². The van der Waals surface area contributed by atoms with Crippen LogP contribution in [0.3, 0.4) is 0 Å². The zero-order chi connectivity index (χ0) is 30.3. The summed E-state index contributed by atoms with van der Waals surface area (Å²) in [6, 6.07) is -0.493. The van der Waals surface area contributed by atoms with Gasteiger partial charge in [0.2, 0.25) is 11.6 Å². The van der Waals surface area contributed by atoms with Crippen molar-refractivity contribution in [1.82, 2.24) is 10.2 Å². The topological polar surface area (TPSA) is 118 Å². The zero-order valence-corrected chi connectivity index (χ0v) is 25.5. The standard InChI is InChI=1S/C31H41N3O6S/c1-18-13-22-28(34-11-8-12-34)24(35)16-23(30(22)37)33-31(38)19(2)9-7-10-25(39-5)27(32-17-41)20(3)15-21(4)29(36)26(14-18)40-6/h7,9-10,15-16,18,21,25-27,29,36H,8,11-14H2,1-6H3,(H,33,38)/b10-7-,19-9+,20-15+/t18-,21+,25+,26+,27+,29-/m1/s1. The van der Waals surface area contributed by atoms with Gasteiger partial charge in [0.25, 0.3) is 5.91 Å². The molecule has 0 aromatic heterocycles. The number of hydrogen-bond donors (Lipinski definition) is 2. The van der Waals surface area contributed by atoms with Crippen molar-refractivity contribution in [3.63, 3.8) is 0 Å². The summed E-state index contributed by atoms with van der Waals surface area (Å²) in [5, 5.41) is 16.4. The van der Waals surface area contributed by atoms with Crippen LogP contribution in [-0.4, -0.2) is 84.3 Å². The molecule has 1 amide bonds. The van der Waals surface area contributed by atoms with E-state index in [0.717, 1.165) is 12.0 Å². The van der Waals surface area contributed by atoms with Gasteiger partial charge in [0.05, 0.1) is 28.8 Å². The van der Waals surface area contributed by atoms with Crippen LogP contribution in [0.15, 0.2) is 63.5 Å². The Morgan fingerprint density at radius 2 is 1.85 bits per heavy atom. The summed E-state index contributed by atoms with van der Waals surface area (Å²) < 4.78 is 11.4. The highest BCUT2D eigenvalue weighted by Gasteiger charge is 2.36. The van der Waals surface area contributed by atoms with Gasteiger partial charge in [-0.3, -0.25) is 14.4 Å². The fourth-order valence-corrected chi connectivity index (χ4v) is 5.53. The van der Waals surface area contributed by atoms with E-state index in [1.807, 2.05) is 31.7 Å². The number of thiocarbonyl (C=S) groups is 1. The van der Waals surface area contributed by atoms with Crippen LogP contribution >= 0.6 is 12.2 Å². The molecule has 0 aromatic rings. The summed E-state index contributed by atoms with van der Waals surface area (Å²) in [6.45, 7) is 8.79. The number of ether oxygens (including phenoxy) is 2. The molecule has 10 heteroatoms. The number of amides is 1. The number of fused-ring (bicyclic) bond motifs is 2. The van der Waals surface area contributed by atoms with Crippen LogP contribution in [0.4, 0.5) is 0 Å². The highest BCUT2D eigenvalue weighted by Crippen LogP contribution is 2.32. The highest BCUT2D eigenvalue weighted by molar-refractivity contribution is 7.78. The minimum absolute atomic E-state index is 0.0388. The van der Waals surface area contributed by atoms with Gasteiger partial charge in [-0.25, -0.2) is 4.99 Å². The van der Waals surface area contributed by atoms with Gasteiger partial charge in [-0.1, -0.05) is 38.2 Å². The minimum atomic E-state index is -0.846. The molecular weight excluding hydrogens is 542 g/mol. The maximum Gasteiger partial charge on any atom is 0.251 e. The van der Waals surface area contributed by atoms with Gasteiger partial charge in [-0.15, -0.1) is 0 Å². The Bertz CT molecular complexity index is 1240. The second-order valence-corrected chi connectivity index (χ2v) is 11.2. The van der Waals surface area contributed by atoms with Gasteiger partial charge in [-0.05, 0) is 56.8 Å². The number of aliphatic imine (C=N–C) groups is 1. The monoisotopic (exact) mass is 583 g/mol. The Morgan fingerprint density at radius 3 is 2.44 bits per heavy atom. The number of nitrogens with zero attached hydrogens (tertiary/aromatic N) is 2. The van der Waals surface area contributed by atoms with Gasteiger partial charge in [0.15, 0.2) is 0 Å². The maximum absolute atomic E-state index is 13.7. The number of aliphatic hydroxyl groups is 1. The van der Waals surface area contributed by atoms with Crippen molar-refractivity contribution in [2.24, 2.45) is 16.8 Å². The Balaban J connectivity index is 2.07. The third-order valence-corrected chi connectivity index (χ3v) is 8.02. The zero-order valence-electron chi connectivity index (χ0n) is 24.7. The molecule has 222 valence electrons. The van der Waals surface area contributed by atoms with E-state index in [0.29, 0.717) is 42.8 Å². The first-order chi connectivity index (χ1) is 19.5. The van der Waals surface area contributed by atoms with E-state index in [4.69, 9.17) is 21.7 Å². The number of Topliss-reactive ketones (excluding diaryl/α,β-unsaturated/α-hetero) is 1. The molecule has 0 aromatic carbocycles. The van der Waals surface area contributed by atoms with E-state index in [-0.39, 0.29) is 29.1 Å². The van der Waals surface area contributed by atoms with Crippen molar-refractivity contribution in [3.05, 3.63) is 58.5 Å². The average molecular weight is 584 g/mol. The molecule has 0 radical (unpaired) electrons. The van der Waals surface area contributed by atoms with Gasteiger partial charge in [0, 0.05) is 50.4 Å². The lowest BCUT2D eigenvalue weighted by molar-refractivity contribution is -0.120. The molecule has 2 heterocycles. The number of allylic oxidation sites excluding steroid dienone is 4. The molecule has 1 saturated heterocycles. The molecule has 2 aliphatic heterocycles. The predicted octanol–water partition coefficient (Wildman–Crippen LogP) is 3.48. The lowest BCUT2D eigenvalue weighted by atomic mass is 9.84. The lowest BCUT2D eigenvalue weighted by Crippen LogP contribution is -2.43. The molecule has 0 unspecified atom stereocenters. The number of methoxy groups -OCH3 is 2. The maximum atomic E-state index is 13.7. The van der Waals surface area contributed by atoms with Crippen molar-refractivity contribution in [3.8, 4) is 0 Å². The number of rotatable bonds is 4. The van der Waals surface area contributed by atoms with E-state index in [2.05, 4.69) is 15.5 Å². The number of isothiocyanates is 1. The van der Waals surface area contributed by atoms with Crippen LogP contribution in [0.5, 0.6) is 0 Å². The molecule has 2 bridgehead atoms. The van der Waals surface area contributed by atoms with Crippen LogP contribution in [0, 0.1) is 11.8 Å². The summed E-state index contributed by atoms with van der Waals surface area (Å²) in [7, 11) is 3.10. The molecule has 1 fully saturated rings. The fourth-order valence-electron chi connectivity index (χ4n) is 5.42. The number of carbonyl (C=O) groups excluding carboxylic acids is 3. The third-order valence-electron chi connectivity index (χ3n) is 7.92. The van der Waals surface area contributed by atoms with Crippen LogP contribution in [0.25, 0.3) is 0 Å². The van der Waals surface area contributed by atoms with E-state index in [9.17, 15) is 19.5 Å². The first-order valence-corrected chi connectivity index (χ1v) is 14.4. The Hall–Kier alpha value is -3.01. The number of likely N-dealkylation sites (tertiary alicyclic amines) is 1. The van der Waals surface area contributed by atoms with Gasteiger partial charge < -0.3 is 24.8 Å². The summed E-state index contributed by atoms with van der Waals surface area (Å²) in [4.78, 5) is 46.1. The van der Waals surface area contributed by atoms with Gasteiger partial charge >= 0.3 is 0 Å². The largest absolute Gasteiger partial charge is 0.390 e. The summed E-state index contributed by atoms with van der Waals surface area (Å²) in [5.41, 5.74) is 1.92. The fraction of sp³-hybridized carbons (Fsp3) is 0.548. The molecular formula is C31H41N3O6S. The number of aliphatic hydroxyl groups excluding tert-OH is 1. The number of nitrogens with one attached hydrogen (secondary N) is 1.